The van der Waals surface area contributed by atoms with Gasteiger partial charge in [0.05, 0.1) is 11.9 Å². The van der Waals surface area contributed by atoms with E-state index in [1.807, 2.05) is 72.8 Å². The Balaban J connectivity index is 1.32. The number of benzene rings is 2. The number of para-hydroxylation sites is 2. The number of nitrogens with zero attached hydrogens (tertiary/aromatic N) is 3. The predicted octanol–water partition coefficient (Wildman–Crippen LogP) is 7.02. The number of fused-ring (bicyclic) bond motifs is 3. The first-order chi connectivity index (χ1) is 16.3. The molecule has 6 aromatic rings. The van der Waals surface area contributed by atoms with E-state index in [0.717, 1.165) is 33.2 Å². The first-order valence-electron chi connectivity index (χ1n) is 10.4. The van der Waals surface area contributed by atoms with Crippen molar-refractivity contribution in [3.8, 4) is 34.6 Å². The third-order valence-corrected chi connectivity index (χ3v) is 5.17. The molecule has 0 aliphatic heterocycles. The summed E-state index contributed by atoms with van der Waals surface area (Å²) in [6.45, 7) is 0. The Hall–Kier alpha value is -4.71. The molecule has 0 aliphatic carbocycles. The van der Waals surface area contributed by atoms with Gasteiger partial charge in [0.2, 0.25) is 17.6 Å². The smallest absolute Gasteiger partial charge is 0.224 e. The molecule has 2 aromatic carbocycles. The van der Waals surface area contributed by atoms with Gasteiger partial charge in [0.25, 0.3) is 0 Å². The van der Waals surface area contributed by atoms with Crippen LogP contribution < -0.4 is 9.47 Å². The molecule has 4 aromatic heterocycles. The summed E-state index contributed by atoms with van der Waals surface area (Å²) in [7, 11) is 0. The van der Waals surface area contributed by atoms with Gasteiger partial charge >= 0.3 is 0 Å². The molecule has 158 valence electrons. The average Bonchev–Trinajstić information content (AvgIpc) is 3.24. The second kappa shape index (κ2) is 8.09. The molecule has 0 saturated heterocycles. The molecular weight excluding hydrogens is 414 g/mol. The molecule has 0 amide bonds. The summed E-state index contributed by atoms with van der Waals surface area (Å²) in [6, 6.07) is 28.4. The predicted molar refractivity (Wildman–Crippen MR) is 126 cm³/mol. The molecule has 4 heterocycles. The van der Waals surface area contributed by atoms with Crippen molar-refractivity contribution >= 4 is 21.9 Å². The van der Waals surface area contributed by atoms with Gasteiger partial charge in [-0.2, -0.15) is 4.98 Å². The third-order valence-electron chi connectivity index (χ3n) is 5.17. The lowest BCUT2D eigenvalue weighted by molar-refractivity contribution is 0.417. The van der Waals surface area contributed by atoms with E-state index >= 15 is 0 Å². The molecule has 0 unspecified atom stereocenters. The topological polar surface area (TPSA) is 70.3 Å². The highest BCUT2D eigenvalue weighted by molar-refractivity contribution is 6.08. The summed E-state index contributed by atoms with van der Waals surface area (Å²) in [6.07, 6.45) is 3.49. The maximum absolute atomic E-state index is 6.10. The Morgan fingerprint density at radius 3 is 2.24 bits per heavy atom. The minimum absolute atomic E-state index is 0.390. The van der Waals surface area contributed by atoms with Crippen LogP contribution in [-0.2, 0) is 0 Å². The fraction of sp³-hybridized carbons (Fsp3) is 0. The first kappa shape index (κ1) is 19.0. The second-order valence-electron chi connectivity index (χ2n) is 7.35. The summed E-state index contributed by atoms with van der Waals surface area (Å²) in [5, 5.41) is 2.04. The van der Waals surface area contributed by atoms with Crippen LogP contribution in [0.3, 0.4) is 0 Å². The van der Waals surface area contributed by atoms with Crippen LogP contribution in [0.5, 0.6) is 23.4 Å². The Morgan fingerprint density at radius 2 is 1.36 bits per heavy atom. The first-order valence-corrected chi connectivity index (χ1v) is 10.4. The summed E-state index contributed by atoms with van der Waals surface area (Å²) in [4.78, 5) is 13.3. The van der Waals surface area contributed by atoms with E-state index in [2.05, 4.69) is 9.97 Å². The van der Waals surface area contributed by atoms with Crippen molar-refractivity contribution in [3.63, 3.8) is 0 Å². The fourth-order valence-electron chi connectivity index (χ4n) is 3.70. The van der Waals surface area contributed by atoms with E-state index in [1.54, 1.807) is 30.6 Å². The number of pyridine rings is 3. The zero-order valence-electron chi connectivity index (χ0n) is 17.4. The highest BCUT2D eigenvalue weighted by atomic mass is 16.5. The van der Waals surface area contributed by atoms with Gasteiger partial charge in [-0.1, -0.05) is 42.5 Å². The van der Waals surface area contributed by atoms with Crippen LogP contribution in [0, 0.1) is 0 Å². The van der Waals surface area contributed by atoms with E-state index in [-0.39, 0.29) is 0 Å². The maximum atomic E-state index is 6.10. The zero-order valence-corrected chi connectivity index (χ0v) is 17.4. The SMILES string of the molecule is c1ccc(Oc2cccc(Oc3cccc(-c4cccc5c4oc4cnccc45)n3)n2)cc1. The van der Waals surface area contributed by atoms with Crippen molar-refractivity contribution in [3.05, 3.63) is 103 Å². The lowest BCUT2D eigenvalue weighted by atomic mass is 10.1. The monoisotopic (exact) mass is 431 g/mol. The molecule has 6 heteroatoms. The summed E-state index contributed by atoms with van der Waals surface area (Å²) >= 11 is 0. The van der Waals surface area contributed by atoms with E-state index in [9.17, 15) is 0 Å². The van der Waals surface area contributed by atoms with Gasteiger partial charge in [0.15, 0.2) is 5.58 Å². The van der Waals surface area contributed by atoms with Gasteiger partial charge in [-0.05, 0) is 30.3 Å². The Bertz CT molecular complexity index is 1580. The molecule has 0 radical (unpaired) electrons. The van der Waals surface area contributed by atoms with Crippen molar-refractivity contribution in [2.24, 2.45) is 0 Å². The van der Waals surface area contributed by atoms with E-state index in [1.165, 1.54) is 0 Å². The van der Waals surface area contributed by atoms with E-state index < -0.39 is 0 Å². The third kappa shape index (κ3) is 3.74. The van der Waals surface area contributed by atoms with Gasteiger partial charge in [0, 0.05) is 40.7 Å². The normalized spacial score (nSPS) is 11.0. The number of rotatable bonds is 5. The highest BCUT2D eigenvalue weighted by Crippen LogP contribution is 2.35. The molecule has 33 heavy (non-hydrogen) atoms. The van der Waals surface area contributed by atoms with Crippen molar-refractivity contribution < 1.29 is 13.9 Å². The van der Waals surface area contributed by atoms with Crippen LogP contribution in [-0.4, -0.2) is 15.0 Å². The van der Waals surface area contributed by atoms with Gasteiger partial charge in [-0.3, -0.25) is 4.98 Å². The number of hydrogen-bond acceptors (Lipinski definition) is 6. The Morgan fingerprint density at radius 1 is 0.606 bits per heavy atom. The van der Waals surface area contributed by atoms with Crippen LogP contribution in [0.4, 0.5) is 0 Å². The molecule has 0 bridgehead atoms. The Labute approximate surface area is 189 Å². The van der Waals surface area contributed by atoms with Gasteiger partial charge in [-0.15, -0.1) is 0 Å². The lowest BCUT2D eigenvalue weighted by Gasteiger charge is -2.08. The second-order valence-corrected chi connectivity index (χ2v) is 7.35. The summed E-state index contributed by atoms with van der Waals surface area (Å²) in [5.41, 5.74) is 3.12. The van der Waals surface area contributed by atoms with Crippen molar-refractivity contribution in [1.82, 2.24) is 15.0 Å². The van der Waals surface area contributed by atoms with Crippen molar-refractivity contribution in [2.45, 2.75) is 0 Å². The van der Waals surface area contributed by atoms with Crippen LogP contribution in [0.2, 0.25) is 0 Å². The summed E-state index contributed by atoms with van der Waals surface area (Å²) < 4.78 is 17.8. The van der Waals surface area contributed by atoms with Crippen molar-refractivity contribution in [2.75, 3.05) is 0 Å². The Kier molecular flexibility index (Phi) is 4.66. The zero-order chi connectivity index (χ0) is 22.0. The van der Waals surface area contributed by atoms with Crippen LogP contribution in [0.1, 0.15) is 0 Å². The van der Waals surface area contributed by atoms with Crippen LogP contribution >= 0.6 is 0 Å². The van der Waals surface area contributed by atoms with Crippen LogP contribution in [0.15, 0.2) is 108 Å². The van der Waals surface area contributed by atoms with Crippen LogP contribution in [0.25, 0.3) is 33.2 Å². The molecule has 6 rings (SSSR count). The highest BCUT2D eigenvalue weighted by Gasteiger charge is 2.13. The van der Waals surface area contributed by atoms with E-state index in [0.29, 0.717) is 23.4 Å². The lowest BCUT2D eigenvalue weighted by Crippen LogP contribution is -1.94. The van der Waals surface area contributed by atoms with E-state index in [4.69, 9.17) is 18.9 Å². The number of furan rings is 1. The molecule has 0 fully saturated rings. The minimum Gasteiger partial charge on any atom is -0.454 e. The number of aromatic nitrogens is 3. The van der Waals surface area contributed by atoms with Crippen molar-refractivity contribution in [1.29, 1.82) is 0 Å². The molecule has 6 nitrogen and oxygen atoms in total. The number of ether oxygens (including phenoxy) is 2. The standard InChI is InChI=1S/C27H17N3O3/c1-2-7-18(8-3-1)31-25-13-6-14-26(30-25)33-24-12-5-11-22(29-24)21-10-4-9-20-19-15-16-28-17-23(19)32-27(20)21/h1-17H. The molecule has 0 atom stereocenters. The molecule has 0 N–H and O–H groups in total. The maximum Gasteiger partial charge on any atom is 0.224 e. The molecular formula is C27H17N3O3. The average molecular weight is 431 g/mol. The summed E-state index contributed by atoms with van der Waals surface area (Å²) in [5.74, 6) is 1.96. The van der Waals surface area contributed by atoms with Gasteiger partial charge < -0.3 is 13.9 Å². The quantitative estimate of drug-likeness (QED) is 0.292. The molecule has 0 spiro atoms. The fourth-order valence-corrected chi connectivity index (χ4v) is 3.70. The molecule has 0 aliphatic rings. The van der Waals surface area contributed by atoms with Gasteiger partial charge in [0.1, 0.15) is 11.3 Å². The number of hydrogen-bond donors (Lipinski definition) is 0. The van der Waals surface area contributed by atoms with Gasteiger partial charge in [-0.25, -0.2) is 4.98 Å². The molecule has 0 saturated carbocycles. The largest absolute Gasteiger partial charge is 0.454 e. The minimum atomic E-state index is 0.390.